The van der Waals surface area contributed by atoms with Crippen LogP contribution in [0.4, 0.5) is 0 Å². The number of nitrogens with zero attached hydrogens (tertiary/aromatic N) is 1. The molecular formula is C26H38N2O2. The summed E-state index contributed by atoms with van der Waals surface area (Å²) in [5.74, 6) is 8.79. The van der Waals surface area contributed by atoms with Crippen LogP contribution in [0.3, 0.4) is 0 Å². The molecule has 164 valence electrons. The normalized spacial score (nSPS) is 19.6. The Balaban J connectivity index is 1.72. The van der Waals surface area contributed by atoms with E-state index in [1.54, 1.807) is 7.11 Å². The van der Waals surface area contributed by atoms with Gasteiger partial charge in [-0.15, -0.1) is 0 Å². The number of unbranched alkanes of at least 4 members (excludes halogenated alkanes) is 4. The molecule has 1 fully saturated rings. The topological polar surface area (TPSA) is 47.7 Å². The second-order valence-corrected chi connectivity index (χ2v) is 8.44. The minimum absolute atomic E-state index is 0.230. The Morgan fingerprint density at radius 3 is 2.60 bits per heavy atom. The smallest absolute Gasteiger partial charge is 0.122 e. The number of piperidine rings is 1. The highest BCUT2D eigenvalue weighted by Gasteiger charge is 2.31. The lowest BCUT2D eigenvalue weighted by Crippen LogP contribution is -2.44. The highest BCUT2D eigenvalue weighted by atomic mass is 16.5. The molecule has 3 rings (SSSR count). The fraction of sp³-hybridized carbons (Fsp3) is 0.538. The molecule has 0 saturated carbocycles. The van der Waals surface area contributed by atoms with Gasteiger partial charge in [-0.05, 0) is 60.9 Å². The molecule has 2 N–H and O–H groups in total. The predicted molar refractivity (Wildman–Crippen MR) is 124 cm³/mol. The molecular weight excluding hydrogens is 372 g/mol. The summed E-state index contributed by atoms with van der Waals surface area (Å²) in [5, 5.41) is 2.03. The van der Waals surface area contributed by atoms with E-state index in [0.29, 0.717) is 5.92 Å². The molecule has 0 bridgehead atoms. The first-order valence-electron chi connectivity index (χ1n) is 11.6. The van der Waals surface area contributed by atoms with Crippen molar-refractivity contribution in [3.63, 3.8) is 0 Å². The summed E-state index contributed by atoms with van der Waals surface area (Å²) in [6, 6.07) is 17.1. The van der Waals surface area contributed by atoms with Gasteiger partial charge in [0.15, 0.2) is 0 Å². The molecule has 2 aromatic rings. The number of ether oxygens (including phenoxy) is 2. The minimum Gasteiger partial charge on any atom is -0.497 e. The Morgan fingerprint density at radius 2 is 1.83 bits per heavy atom. The number of nitrogens with two attached hydrogens (primary N) is 1. The monoisotopic (exact) mass is 410 g/mol. The number of benzene rings is 2. The van der Waals surface area contributed by atoms with Crippen molar-refractivity contribution in [1.82, 2.24) is 5.01 Å². The molecule has 1 aliphatic heterocycles. The van der Waals surface area contributed by atoms with Crippen LogP contribution >= 0.6 is 0 Å². The van der Waals surface area contributed by atoms with Crippen molar-refractivity contribution in [3.05, 3.63) is 59.7 Å². The maximum atomic E-state index is 6.46. The van der Waals surface area contributed by atoms with Gasteiger partial charge >= 0.3 is 0 Å². The first-order valence-corrected chi connectivity index (χ1v) is 11.6. The van der Waals surface area contributed by atoms with Crippen LogP contribution in [-0.4, -0.2) is 25.3 Å². The van der Waals surface area contributed by atoms with Gasteiger partial charge < -0.3 is 9.47 Å². The third-order valence-electron chi connectivity index (χ3n) is 6.19. The molecule has 1 aliphatic rings. The maximum absolute atomic E-state index is 6.46. The van der Waals surface area contributed by atoms with Gasteiger partial charge in [0.25, 0.3) is 0 Å². The van der Waals surface area contributed by atoms with E-state index in [2.05, 4.69) is 49.4 Å². The highest BCUT2D eigenvalue weighted by molar-refractivity contribution is 5.41. The lowest BCUT2D eigenvalue weighted by atomic mass is 9.81. The van der Waals surface area contributed by atoms with E-state index in [9.17, 15) is 0 Å². The van der Waals surface area contributed by atoms with Crippen LogP contribution in [0.1, 0.15) is 69.0 Å². The van der Waals surface area contributed by atoms with Crippen molar-refractivity contribution in [2.75, 3.05) is 20.3 Å². The molecule has 0 radical (unpaired) electrons. The molecule has 2 atom stereocenters. The standard InChI is InChI=1S/C26H38N2O2/c1-3-4-5-6-10-18-30-25-16-15-24(29-2)20-23(25)19-22-14-11-17-28(27)26(22)21-12-8-7-9-13-21/h7-9,12-13,15-16,20,22,26H,3-6,10-11,14,17-19,27H2,1-2H3/t22-,26+/m0/s1. The summed E-state index contributed by atoms with van der Waals surface area (Å²) in [7, 11) is 1.72. The van der Waals surface area contributed by atoms with Crippen LogP contribution in [0.5, 0.6) is 11.5 Å². The van der Waals surface area contributed by atoms with Crippen LogP contribution in [0.25, 0.3) is 0 Å². The fourth-order valence-corrected chi connectivity index (χ4v) is 4.58. The zero-order valence-electron chi connectivity index (χ0n) is 18.7. The van der Waals surface area contributed by atoms with Crippen LogP contribution in [0, 0.1) is 5.92 Å². The van der Waals surface area contributed by atoms with Gasteiger partial charge in [-0.1, -0.05) is 62.9 Å². The Bertz CT molecular complexity index is 750. The molecule has 0 spiro atoms. The molecule has 0 unspecified atom stereocenters. The first kappa shape index (κ1) is 22.6. The van der Waals surface area contributed by atoms with Crippen molar-refractivity contribution in [2.45, 2.75) is 64.3 Å². The number of hydrazine groups is 1. The van der Waals surface area contributed by atoms with Gasteiger partial charge in [0.05, 0.1) is 19.8 Å². The van der Waals surface area contributed by atoms with Crippen molar-refractivity contribution in [3.8, 4) is 11.5 Å². The van der Waals surface area contributed by atoms with Crippen molar-refractivity contribution in [1.29, 1.82) is 0 Å². The summed E-state index contributed by atoms with van der Waals surface area (Å²) in [6.07, 6.45) is 9.46. The van der Waals surface area contributed by atoms with Crippen molar-refractivity contribution < 1.29 is 9.47 Å². The van der Waals surface area contributed by atoms with Gasteiger partial charge in [0.2, 0.25) is 0 Å². The lowest BCUT2D eigenvalue weighted by Gasteiger charge is -2.39. The lowest BCUT2D eigenvalue weighted by molar-refractivity contribution is 0.0921. The van der Waals surface area contributed by atoms with Crippen LogP contribution in [0.15, 0.2) is 48.5 Å². The quantitative estimate of drug-likeness (QED) is 0.369. The SMILES string of the molecule is CCCCCCCOc1ccc(OC)cc1C[C@@H]1CCCN(N)[C@@H]1c1ccccc1. The first-order chi connectivity index (χ1) is 14.7. The summed E-state index contributed by atoms with van der Waals surface area (Å²) in [5.41, 5.74) is 2.52. The van der Waals surface area contributed by atoms with Crippen molar-refractivity contribution in [2.24, 2.45) is 11.8 Å². The minimum atomic E-state index is 0.230. The summed E-state index contributed by atoms with van der Waals surface area (Å²) >= 11 is 0. The van der Waals surface area contributed by atoms with E-state index in [0.717, 1.165) is 43.9 Å². The summed E-state index contributed by atoms with van der Waals surface area (Å²) in [6.45, 7) is 3.96. The van der Waals surface area contributed by atoms with Gasteiger partial charge in [-0.3, -0.25) is 5.84 Å². The molecule has 1 saturated heterocycles. The molecule has 30 heavy (non-hydrogen) atoms. The number of rotatable bonds is 11. The van der Waals surface area contributed by atoms with E-state index in [-0.39, 0.29) is 6.04 Å². The Kier molecular flexibility index (Phi) is 9.03. The molecule has 2 aromatic carbocycles. The average Bonchev–Trinajstić information content (AvgIpc) is 2.77. The average molecular weight is 411 g/mol. The largest absolute Gasteiger partial charge is 0.497 e. The number of methoxy groups -OCH3 is 1. The third-order valence-corrected chi connectivity index (χ3v) is 6.19. The molecule has 0 amide bonds. The van der Waals surface area contributed by atoms with Gasteiger partial charge in [0.1, 0.15) is 11.5 Å². The molecule has 0 aromatic heterocycles. The van der Waals surface area contributed by atoms with Crippen molar-refractivity contribution >= 4 is 0 Å². The Labute approximate surface area is 182 Å². The van der Waals surface area contributed by atoms with Gasteiger partial charge in [-0.2, -0.15) is 0 Å². The molecule has 4 heteroatoms. The maximum Gasteiger partial charge on any atom is 0.122 e. The van der Waals surface area contributed by atoms with E-state index < -0.39 is 0 Å². The molecule has 0 aliphatic carbocycles. The summed E-state index contributed by atoms with van der Waals surface area (Å²) < 4.78 is 11.7. The third kappa shape index (κ3) is 6.23. The van der Waals surface area contributed by atoms with Crippen LogP contribution in [-0.2, 0) is 6.42 Å². The van der Waals surface area contributed by atoms with Gasteiger partial charge in [-0.25, -0.2) is 5.01 Å². The van der Waals surface area contributed by atoms with Crippen LogP contribution in [0.2, 0.25) is 0 Å². The predicted octanol–water partition coefficient (Wildman–Crippen LogP) is 5.91. The fourth-order valence-electron chi connectivity index (χ4n) is 4.58. The second kappa shape index (κ2) is 12.0. The summed E-state index contributed by atoms with van der Waals surface area (Å²) in [4.78, 5) is 0. The highest BCUT2D eigenvalue weighted by Crippen LogP contribution is 2.38. The molecule has 1 heterocycles. The zero-order valence-corrected chi connectivity index (χ0v) is 18.7. The Morgan fingerprint density at radius 1 is 1.03 bits per heavy atom. The molecule has 4 nitrogen and oxygen atoms in total. The van der Waals surface area contributed by atoms with E-state index >= 15 is 0 Å². The zero-order chi connectivity index (χ0) is 21.2. The number of hydrogen-bond donors (Lipinski definition) is 1. The van der Waals surface area contributed by atoms with E-state index in [1.165, 1.54) is 43.2 Å². The Hall–Kier alpha value is -2.04. The van der Waals surface area contributed by atoms with Gasteiger partial charge in [0, 0.05) is 6.54 Å². The van der Waals surface area contributed by atoms with E-state index in [1.807, 2.05) is 11.1 Å². The second-order valence-electron chi connectivity index (χ2n) is 8.44. The van der Waals surface area contributed by atoms with Crippen LogP contribution < -0.4 is 15.3 Å². The number of hydrogen-bond acceptors (Lipinski definition) is 4. The van der Waals surface area contributed by atoms with E-state index in [4.69, 9.17) is 15.3 Å².